The largest absolute Gasteiger partial charge is 0.497 e. The third-order valence-electron chi connectivity index (χ3n) is 4.99. The van der Waals surface area contributed by atoms with Crippen LogP contribution in [0.15, 0.2) is 72.1 Å². The van der Waals surface area contributed by atoms with Crippen LogP contribution < -0.4 is 10.1 Å². The van der Waals surface area contributed by atoms with Crippen LogP contribution in [0.5, 0.6) is 5.75 Å². The first-order valence-corrected chi connectivity index (χ1v) is 11.1. The van der Waals surface area contributed by atoms with Crippen LogP contribution in [0.25, 0.3) is 11.0 Å². The van der Waals surface area contributed by atoms with Gasteiger partial charge in [0.2, 0.25) is 5.91 Å². The van der Waals surface area contributed by atoms with Crippen molar-refractivity contribution in [2.75, 3.05) is 12.4 Å². The SMILES string of the molecule is CCc1ccccc1NC(=O)Cn1c(SCc2cccc(OC)c2)nc2ccncc21. The van der Waals surface area contributed by atoms with Gasteiger partial charge in [-0.15, -0.1) is 0 Å². The van der Waals surface area contributed by atoms with Crippen molar-refractivity contribution in [2.45, 2.75) is 30.8 Å². The van der Waals surface area contributed by atoms with Crippen molar-refractivity contribution in [1.29, 1.82) is 0 Å². The maximum absolute atomic E-state index is 12.9. The van der Waals surface area contributed by atoms with E-state index in [1.807, 2.05) is 53.1 Å². The molecule has 1 amide bonds. The first-order valence-electron chi connectivity index (χ1n) is 10.1. The number of imidazole rings is 1. The van der Waals surface area contributed by atoms with Gasteiger partial charge in [-0.2, -0.15) is 0 Å². The first-order chi connectivity index (χ1) is 15.2. The van der Waals surface area contributed by atoms with E-state index < -0.39 is 0 Å². The van der Waals surface area contributed by atoms with Crippen molar-refractivity contribution < 1.29 is 9.53 Å². The molecule has 0 saturated carbocycles. The van der Waals surface area contributed by atoms with Gasteiger partial charge < -0.3 is 14.6 Å². The zero-order chi connectivity index (χ0) is 21.6. The third kappa shape index (κ3) is 4.88. The molecule has 2 aromatic carbocycles. The van der Waals surface area contributed by atoms with E-state index >= 15 is 0 Å². The number of amides is 1. The summed E-state index contributed by atoms with van der Waals surface area (Å²) in [6.45, 7) is 2.24. The van der Waals surface area contributed by atoms with E-state index in [4.69, 9.17) is 9.72 Å². The maximum Gasteiger partial charge on any atom is 0.244 e. The molecule has 0 aliphatic carbocycles. The molecule has 0 aliphatic rings. The number of hydrogen-bond donors (Lipinski definition) is 1. The third-order valence-corrected chi connectivity index (χ3v) is 6.04. The number of benzene rings is 2. The average Bonchev–Trinajstić information content (AvgIpc) is 3.15. The van der Waals surface area contributed by atoms with Gasteiger partial charge in [0.1, 0.15) is 12.3 Å². The molecule has 0 atom stereocenters. The van der Waals surface area contributed by atoms with Crippen molar-refractivity contribution in [2.24, 2.45) is 0 Å². The van der Waals surface area contributed by atoms with Crippen molar-refractivity contribution >= 4 is 34.4 Å². The number of fused-ring (bicyclic) bond motifs is 1. The maximum atomic E-state index is 12.9. The van der Waals surface area contributed by atoms with Crippen molar-refractivity contribution in [3.8, 4) is 5.75 Å². The van der Waals surface area contributed by atoms with Crippen LogP contribution in [0, 0.1) is 0 Å². The fourth-order valence-electron chi connectivity index (χ4n) is 3.40. The highest BCUT2D eigenvalue weighted by atomic mass is 32.2. The Morgan fingerprint density at radius 3 is 2.87 bits per heavy atom. The van der Waals surface area contributed by atoms with Crippen LogP contribution in [-0.2, 0) is 23.5 Å². The molecule has 2 heterocycles. The zero-order valence-corrected chi connectivity index (χ0v) is 18.4. The van der Waals surface area contributed by atoms with E-state index in [1.54, 1.807) is 31.3 Å². The molecule has 7 heteroatoms. The van der Waals surface area contributed by atoms with Crippen molar-refractivity contribution in [3.63, 3.8) is 0 Å². The molecule has 0 unspecified atom stereocenters. The lowest BCUT2D eigenvalue weighted by Crippen LogP contribution is -2.20. The van der Waals surface area contributed by atoms with Gasteiger partial charge in [-0.05, 0) is 41.8 Å². The molecule has 0 aliphatic heterocycles. The van der Waals surface area contributed by atoms with E-state index in [2.05, 4.69) is 23.3 Å². The highest BCUT2D eigenvalue weighted by Crippen LogP contribution is 2.28. The summed E-state index contributed by atoms with van der Waals surface area (Å²) < 4.78 is 7.24. The van der Waals surface area contributed by atoms with Crippen LogP contribution in [0.3, 0.4) is 0 Å². The Morgan fingerprint density at radius 1 is 1.16 bits per heavy atom. The van der Waals surface area contributed by atoms with E-state index in [0.717, 1.165) is 45.2 Å². The summed E-state index contributed by atoms with van der Waals surface area (Å²) in [5, 5.41) is 3.83. The number of ether oxygens (including phenoxy) is 1. The summed E-state index contributed by atoms with van der Waals surface area (Å²) >= 11 is 1.59. The number of nitrogens with zero attached hydrogens (tertiary/aromatic N) is 3. The van der Waals surface area contributed by atoms with E-state index in [0.29, 0.717) is 5.75 Å². The molecule has 4 rings (SSSR count). The number of nitrogens with one attached hydrogen (secondary N) is 1. The minimum atomic E-state index is -0.0905. The van der Waals surface area contributed by atoms with Crippen LogP contribution in [0.1, 0.15) is 18.1 Å². The fraction of sp³-hybridized carbons (Fsp3) is 0.208. The number of aromatic nitrogens is 3. The van der Waals surface area contributed by atoms with Gasteiger partial charge in [-0.25, -0.2) is 4.98 Å². The lowest BCUT2D eigenvalue weighted by Gasteiger charge is -2.12. The molecule has 4 aromatic rings. The Bertz CT molecular complexity index is 1210. The molecular formula is C24H24N4O2S. The molecule has 0 bridgehead atoms. The topological polar surface area (TPSA) is 69.0 Å². The zero-order valence-electron chi connectivity index (χ0n) is 17.5. The fourth-order valence-corrected chi connectivity index (χ4v) is 4.36. The Morgan fingerprint density at radius 2 is 2.03 bits per heavy atom. The molecule has 2 aromatic heterocycles. The van der Waals surface area contributed by atoms with Crippen LogP contribution in [0.4, 0.5) is 5.69 Å². The van der Waals surface area contributed by atoms with Gasteiger partial charge in [0.25, 0.3) is 0 Å². The molecule has 0 saturated heterocycles. The van der Waals surface area contributed by atoms with Crippen LogP contribution in [-0.4, -0.2) is 27.6 Å². The number of thioether (sulfide) groups is 1. The predicted octanol–water partition coefficient (Wildman–Crippen LogP) is 4.93. The minimum absolute atomic E-state index is 0.0905. The van der Waals surface area contributed by atoms with Crippen molar-refractivity contribution in [1.82, 2.24) is 14.5 Å². The van der Waals surface area contributed by atoms with Gasteiger partial charge in [0.05, 0.1) is 24.3 Å². The first kappa shape index (κ1) is 20.9. The summed E-state index contributed by atoms with van der Waals surface area (Å²) in [6.07, 6.45) is 4.33. The molecule has 31 heavy (non-hydrogen) atoms. The van der Waals surface area contributed by atoms with Crippen molar-refractivity contribution in [3.05, 3.63) is 78.1 Å². The Hall–Kier alpha value is -3.32. The molecule has 0 spiro atoms. The molecule has 0 radical (unpaired) electrons. The lowest BCUT2D eigenvalue weighted by atomic mass is 10.1. The highest BCUT2D eigenvalue weighted by Gasteiger charge is 2.15. The number of para-hydroxylation sites is 1. The summed E-state index contributed by atoms with van der Waals surface area (Å²) in [5.74, 6) is 1.45. The molecular weight excluding hydrogens is 408 g/mol. The second kappa shape index (κ2) is 9.66. The van der Waals surface area contributed by atoms with Crippen LogP contribution in [0.2, 0.25) is 0 Å². The monoisotopic (exact) mass is 432 g/mol. The van der Waals surface area contributed by atoms with Gasteiger partial charge in [0.15, 0.2) is 5.16 Å². The number of methoxy groups -OCH3 is 1. The average molecular weight is 433 g/mol. The number of hydrogen-bond acceptors (Lipinski definition) is 5. The Kier molecular flexibility index (Phi) is 6.52. The number of pyridine rings is 1. The Balaban J connectivity index is 1.56. The Labute approximate surface area is 185 Å². The second-order valence-corrected chi connectivity index (χ2v) is 7.99. The number of aryl methyl sites for hydroxylation is 1. The van der Waals surface area contributed by atoms with E-state index in [9.17, 15) is 4.79 Å². The smallest absolute Gasteiger partial charge is 0.244 e. The number of anilines is 1. The molecule has 1 N–H and O–H groups in total. The van der Waals surface area contributed by atoms with Crippen LogP contribution >= 0.6 is 11.8 Å². The molecule has 158 valence electrons. The predicted molar refractivity (Wildman–Crippen MR) is 125 cm³/mol. The van der Waals surface area contributed by atoms with E-state index in [1.165, 1.54) is 0 Å². The van der Waals surface area contributed by atoms with E-state index in [-0.39, 0.29) is 12.5 Å². The van der Waals surface area contributed by atoms with Gasteiger partial charge >= 0.3 is 0 Å². The highest BCUT2D eigenvalue weighted by molar-refractivity contribution is 7.98. The lowest BCUT2D eigenvalue weighted by molar-refractivity contribution is -0.116. The minimum Gasteiger partial charge on any atom is -0.497 e. The number of rotatable bonds is 8. The van der Waals surface area contributed by atoms with Gasteiger partial charge in [0, 0.05) is 17.6 Å². The number of carbonyl (C=O) groups excluding carboxylic acids is 1. The summed E-state index contributed by atoms with van der Waals surface area (Å²) in [5.41, 5.74) is 4.76. The second-order valence-electron chi connectivity index (χ2n) is 7.04. The summed E-state index contributed by atoms with van der Waals surface area (Å²) in [7, 11) is 1.66. The summed E-state index contributed by atoms with van der Waals surface area (Å²) in [4.78, 5) is 21.9. The standard InChI is InChI=1S/C24H24N4O2S/c1-3-18-8-4-5-10-20(18)26-23(29)15-28-22-14-25-12-11-21(22)27-24(28)31-16-17-7-6-9-19(13-17)30-2/h4-14H,3,15-16H2,1-2H3,(H,26,29). The normalized spacial score (nSPS) is 10.9. The quantitative estimate of drug-likeness (QED) is 0.400. The molecule has 6 nitrogen and oxygen atoms in total. The van der Waals surface area contributed by atoms with Gasteiger partial charge in [-0.3, -0.25) is 9.78 Å². The van der Waals surface area contributed by atoms with Gasteiger partial charge in [-0.1, -0.05) is 49.0 Å². The summed E-state index contributed by atoms with van der Waals surface area (Å²) in [6, 6.07) is 17.7. The number of carbonyl (C=O) groups is 1. The molecule has 0 fully saturated rings.